The maximum Gasteiger partial charge on any atom is 0.146 e. The average Bonchev–Trinajstić information content (AvgIpc) is 2.26. The average molecular weight is 241 g/mol. The van der Waals surface area contributed by atoms with Crippen LogP contribution in [0.2, 0.25) is 0 Å². The number of nitrogens with two attached hydrogens (primary N) is 1. The molecule has 1 unspecified atom stereocenters. The molecule has 16 heavy (non-hydrogen) atoms. The highest BCUT2D eigenvalue weighted by atomic mass is 32.1. The molecule has 0 aliphatic carbocycles. The summed E-state index contributed by atoms with van der Waals surface area (Å²) >= 11 is 4.07. The van der Waals surface area contributed by atoms with Crippen molar-refractivity contribution in [1.29, 1.82) is 0 Å². The Balaban J connectivity index is 0.00000106. The standard InChI is InChI=1S/C10H13NO2S.C2H6/c1-6(12)8(11)4-7-2-3-9(13)10(14)5-7;1-2/h2-3,5,8,13-14H,4,11H2,1H3;1-2H3. The smallest absolute Gasteiger partial charge is 0.146 e. The van der Waals surface area contributed by atoms with Crippen LogP contribution < -0.4 is 5.73 Å². The zero-order chi connectivity index (χ0) is 12.7. The highest BCUT2D eigenvalue weighted by Gasteiger charge is 2.09. The summed E-state index contributed by atoms with van der Waals surface area (Å²) < 4.78 is 0. The summed E-state index contributed by atoms with van der Waals surface area (Å²) in [6.45, 7) is 5.46. The molecule has 0 saturated carbocycles. The molecule has 4 heteroatoms. The van der Waals surface area contributed by atoms with Crippen LogP contribution in [0.15, 0.2) is 23.1 Å². The minimum Gasteiger partial charge on any atom is -0.507 e. The van der Waals surface area contributed by atoms with Crippen LogP contribution in [-0.2, 0) is 11.2 Å². The van der Waals surface area contributed by atoms with Crippen LogP contribution in [0.5, 0.6) is 5.75 Å². The molecule has 0 amide bonds. The third kappa shape index (κ3) is 4.68. The molecule has 0 aliphatic rings. The number of carbonyl (C=O) groups excluding carboxylic acids is 1. The van der Waals surface area contributed by atoms with Crippen molar-refractivity contribution in [1.82, 2.24) is 0 Å². The van der Waals surface area contributed by atoms with E-state index in [9.17, 15) is 9.90 Å². The lowest BCUT2D eigenvalue weighted by Crippen LogP contribution is -2.30. The van der Waals surface area contributed by atoms with Gasteiger partial charge >= 0.3 is 0 Å². The number of hydrogen-bond donors (Lipinski definition) is 3. The summed E-state index contributed by atoms with van der Waals surface area (Å²) in [7, 11) is 0. The molecule has 1 rings (SSSR count). The van der Waals surface area contributed by atoms with E-state index in [1.165, 1.54) is 6.92 Å². The molecule has 1 aromatic rings. The van der Waals surface area contributed by atoms with Crippen LogP contribution in [0, 0.1) is 0 Å². The summed E-state index contributed by atoms with van der Waals surface area (Å²) in [5.74, 6) is 0.0901. The van der Waals surface area contributed by atoms with Gasteiger partial charge in [-0.2, -0.15) is 0 Å². The van der Waals surface area contributed by atoms with Crippen molar-refractivity contribution >= 4 is 18.4 Å². The van der Waals surface area contributed by atoms with Gasteiger partial charge in [0.2, 0.25) is 0 Å². The molecule has 1 aromatic carbocycles. The van der Waals surface area contributed by atoms with Crippen molar-refractivity contribution in [3.63, 3.8) is 0 Å². The van der Waals surface area contributed by atoms with Gasteiger partial charge in [0, 0.05) is 4.90 Å². The number of ketones is 1. The monoisotopic (exact) mass is 241 g/mol. The third-order valence-electron chi connectivity index (χ3n) is 2.02. The maximum atomic E-state index is 10.9. The van der Waals surface area contributed by atoms with Gasteiger partial charge < -0.3 is 10.8 Å². The lowest BCUT2D eigenvalue weighted by Gasteiger charge is -2.08. The van der Waals surface area contributed by atoms with E-state index in [-0.39, 0.29) is 11.5 Å². The fourth-order valence-corrected chi connectivity index (χ4v) is 1.33. The number of benzene rings is 1. The molecule has 0 bridgehead atoms. The van der Waals surface area contributed by atoms with Gasteiger partial charge in [-0.25, -0.2) is 0 Å². The Bertz CT molecular complexity index is 353. The lowest BCUT2D eigenvalue weighted by atomic mass is 10.0. The SMILES string of the molecule is CC.CC(=O)C(N)Cc1ccc(O)c(S)c1. The minimum atomic E-state index is -0.479. The van der Waals surface area contributed by atoms with Gasteiger partial charge in [-0.1, -0.05) is 19.9 Å². The van der Waals surface area contributed by atoms with Crippen molar-refractivity contribution in [3.8, 4) is 5.75 Å². The second-order valence-electron chi connectivity index (χ2n) is 3.24. The van der Waals surface area contributed by atoms with E-state index in [1.807, 2.05) is 13.8 Å². The molecule has 0 spiro atoms. The van der Waals surface area contributed by atoms with E-state index < -0.39 is 6.04 Å². The van der Waals surface area contributed by atoms with E-state index in [2.05, 4.69) is 12.6 Å². The predicted molar refractivity (Wildman–Crippen MR) is 69.1 cm³/mol. The molecular formula is C12H19NO2S. The number of carbonyl (C=O) groups is 1. The van der Waals surface area contributed by atoms with E-state index in [4.69, 9.17) is 5.73 Å². The topological polar surface area (TPSA) is 63.3 Å². The highest BCUT2D eigenvalue weighted by molar-refractivity contribution is 7.80. The normalized spacial score (nSPS) is 11.3. The first kappa shape index (κ1) is 15.0. The molecule has 3 N–H and O–H groups in total. The summed E-state index contributed by atoms with van der Waals surface area (Å²) in [6.07, 6.45) is 0.475. The van der Waals surface area contributed by atoms with Gasteiger partial charge in [0.15, 0.2) is 0 Å². The van der Waals surface area contributed by atoms with E-state index in [1.54, 1.807) is 18.2 Å². The van der Waals surface area contributed by atoms with Gasteiger partial charge in [0.05, 0.1) is 6.04 Å². The Labute approximate surface area is 102 Å². The summed E-state index contributed by atoms with van der Waals surface area (Å²) in [6, 6.07) is 4.51. The first-order valence-electron chi connectivity index (χ1n) is 5.27. The quantitative estimate of drug-likeness (QED) is 0.711. The minimum absolute atomic E-state index is 0.0428. The number of phenolic OH excluding ortho intramolecular Hbond substituents is 1. The number of thiol groups is 1. The van der Waals surface area contributed by atoms with Gasteiger partial charge in [0.25, 0.3) is 0 Å². The van der Waals surface area contributed by atoms with Crippen LogP contribution in [-0.4, -0.2) is 16.9 Å². The van der Waals surface area contributed by atoms with E-state index >= 15 is 0 Å². The van der Waals surface area contributed by atoms with Crippen molar-refractivity contribution in [2.24, 2.45) is 5.73 Å². The second kappa shape index (κ2) is 7.30. The first-order valence-corrected chi connectivity index (χ1v) is 5.72. The van der Waals surface area contributed by atoms with Gasteiger partial charge in [0.1, 0.15) is 11.5 Å². The fourth-order valence-electron chi connectivity index (χ4n) is 1.09. The predicted octanol–water partition coefficient (Wildman–Crippen LogP) is 2.17. The van der Waals surface area contributed by atoms with Gasteiger partial charge in [-0.05, 0) is 31.0 Å². The molecule has 3 nitrogen and oxygen atoms in total. The fraction of sp³-hybridized carbons (Fsp3) is 0.417. The third-order valence-corrected chi connectivity index (χ3v) is 2.38. The Morgan fingerprint density at radius 3 is 2.50 bits per heavy atom. The Morgan fingerprint density at radius 1 is 1.50 bits per heavy atom. The van der Waals surface area contributed by atoms with Crippen LogP contribution in [0.3, 0.4) is 0 Å². The second-order valence-corrected chi connectivity index (χ2v) is 3.73. The zero-order valence-electron chi connectivity index (χ0n) is 9.90. The van der Waals surface area contributed by atoms with Crippen LogP contribution >= 0.6 is 12.6 Å². The van der Waals surface area contributed by atoms with E-state index in [0.717, 1.165) is 5.56 Å². The molecule has 1 atom stereocenters. The van der Waals surface area contributed by atoms with Crippen molar-refractivity contribution in [2.45, 2.75) is 38.1 Å². The summed E-state index contributed by atoms with van der Waals surface area (Å²) in [5.41, 5.74) is 6.50. The van der Waals surface area contributed by atoms with E-state index in [0.29, 0.717) is 11.3 Å². The summed E-state index contributed by atoms with van der Waals surface area (Å²) in [4.78, 5) is 11.4. The molecule has 90 valence electrons. The molecule has 0 aliphatic heterocycles. The van der Waals surface area contributed by atoms with Crippen molar-refractivity contribution in [3.05, 3.63) is 23.8 Å². The van der Waals surface area contributed by atoms with Gasteiger partial charge in [-0.15, -0.1) is 12.6 Å². The molecule has 0 aromatic heterocycles. The van der Waals surface area contributed by atoms with Crippen LogP contribution in [0.25, 0.3) is 0 Å². The van der Waals surface area contributed by atoms with Gasteiger partial charge in [-0.3, -0.25) is 4.79 Å². The number of phenols is 1. The van der Waals surface area contributed by atoms with Crippen molar-refractivity contribution < 1.29 is 9.90 Å². The highest BCUT2D eigenvalue weighted by Crippen LogP contribution is 2.22. The molecule has 0 fully saturated rings. The molecular weight excluding hydrogens is 222 g/mol. The Hall–Kier alpha value is -1.00. The molecule has 0 radical (unpaired) electrons. The molecule has 0 saturated heterocycles. The van der Waals surface area contributed by atoms with Crippen LogP contribution in [0.1, 0.15) is 26.3 Å². The number of Topliss-reactive ketones (excluding diaryl/α,β-unsaturated/α-hetero) is 1. The number of rotatable bonds is 3. The molecule has 0 heterocycles. The zero-order valence-corrected chi connectivity index (χ0v) is 10.8. The summed E-state index contributed by atoms with van der Waals surface area (Å²) in [5, 5.41) is 9.21. The first-order chi connectivity index (χ1) is 7.50. The number of aromatic hydroxyl groups is 1. The Kier molecular flexibility index (Phi) is 6.85. The van der Waals surface area contributed by atoms with Crippen LogP contribution in [0.4, 0.5) is 0 Å². The largest absolute Gasteiger partial charge is 0.507 e. The maximum absolute atomic E-state index is 10.9. The lowest BCUT2D eigenvalue weighted by molar-refractivity contribution is -0.118. The Morgan fingerprint density at radius 2 is 2.06 bits per heavy atom. The van der Waals surface area contributed by atoms with Crippen molar-refractivity contribution in [2.75, 3.05) is 0 Å². The number of hydrogen-bond acceptors (Lipinski definition) is 4.